The molecule has 0 bridgehead atoms. The summed E-state index contributed by atoms with van der Waals surface area (Å²) in [5.74, 6) is -1.06. The minimum atomic E-state index is -4.14. The fourth-order valence-corrected chi connectivity index (χ4v) is 1.99. The van der Waals surface area contributed by atoms with Crippen LogP contribution in [0.15, 0.2) is 17.2 Å². The second-order valence-corrected chi connectivity index (χ2v) is 4.04. The maximum absolute atomic E-state index is 12.4. The molecule has 7 heteroatoms. The van der Waals surface area contributed by atoms with E-state index in [9.17, 15) is 18.0 Å². The number of hydrogen-bond acceptors (Lipinski definition) is 3. The van der Waals surface area contributed by atoms with E-state index in [-0.39, 0.29) is 37.3 Å². The van der Waals surface area contributed by atoms with Crippen molar-refractivity contribution in [1.29, 1.82) is 0 Å². The molecule has 4 nitrogen and oxygen atoms in total. The smallest absolute Gasteiger partial charge is 0.352 e. The van der Waals surface area contributed by atoms with Crippen molar-refractivity contribution in [3.63, 3.8) is 0 Å². The first kappa shape index (κ1) is 11.9. The Balaban J connectivity index is 2.05. The number of nitrogens with zero attached hydrogens (tertiary/aromatic N) is 2. The number of alkyl halides is 3. The molecule has 0 spiro atoms. The summed E-state index contributed by atoms with van der Waals surface area (Å²) in [7, 11) is 0. The number of rotatable bonds is 1. The Morgan fingerprint density at radius 3 is 2.53 bits per heavy atom. The predicted molar refractivity (Wildman–Crippen MR) is 55.8 cm³/mol. The van der Waals surface area contributed by atoms with E-state index in [1.54, 1.807) is 4.90 Å². The van der Waals surface area contributed by atoms with Crippen molar-refractivity contribution in [3.05, 3.63) is 22.7 Å². The van der Waals surface area contributed by atoms with Crippen LogP contribution in [0.1, 0.15) is 12.8 Å². The van der Waals surface area contributed by atoms with Crippen LogP contribution in [0.2, 0.25) is 0 Å². The third-order valence-corrected chi connectivity index (χ3v) is 2.95. The molecule has 0 unspecified atom stereocenters. The standard InChI is InChI=1S/C10H12F3N3O/c11-10(12,13)7-1-5-16(6-2-7)8-9(17)15-4-3-14-8/h3-4,7H,1-2,5-6H2,(H,15,17). The molecule has 0 amide bonds. The van der Waals surface area contributed by atoms with Crippen LogP contribution in [0.25, 0.3) is 0 Å². The van der Waals surface area contributed by atoms with Crippen molar-refractivity contribution in [2.24, 2.45) is 5.92 Å². The van der Waals surface area contributed by atoms with Crippen LogP contribution in [0.4, 0.5) is 19.0 Å². The highest BCUT2D eigenvalue weighted by molar-refractivity contribution is 5.35. The third-order valence-electron chi connectivity index (χ3n) is 2.95. The number of piperidine rings is 1. The fraction of sp³-hybridized carbons (Fsp3) is 0.600. The summed E-state index contributed by atoms with van der Waals surface area (Å²) in [6, 6.07) is 0. The van der Waals surface area contributed by atoms with Gasteiger partial charge in [0.25, 0.3) is 5.56 Å². The molecule has 1 N–H and O–H groups in total. The highest BCUT2D eigenvalue weighted by Crippen LogP contribution is 2.34. The largest absolute Gasteiger partial charge is 0.391 e. The van der Waals surface area contributed by atoms with E-state index in [2.05, 4.69) is 9.97 Å². The van der Waals surface area contributed by atoms with Gasteiger partial charge in [0.2, 0.25) is 0 Å². The second kappa shape index (κ2) is 4.38. The molecular formula is C10H12F3N3O. The lowest BCUT2D eigenvalue weighted by atomic mass is 9.96. The number of nitrogens with one attached hydrogen (secondary N) is 1. The van der Waals surface area contributed by atoms with E-state index < -0.39 is 12.1 Å². The molecule has 1 fully saturated rings. The summed E-state index contributed by atoms with van der Waals surface area (Å²) >= 11 is 0. The van der Waals surface area contributed by atoms with E-state index in [1.807, 2.05) is 0 Å². The molecule has 1 aliphatic rings. The number of halogens is 3. The molecule has 0 aliphatic carbocycles. The molecule has 1 aromatic rings. The molecule has 0 atom stereocenters. The Morgan fingerprint density at radius 2 is 2.00 bits per heavy atom. The average molecular weight is 247 g/mol. The summed E-state index contributed by atoms with van der Waals surface area (Å²) < 4.78 is 37.3. The Bertz CT molecular complexity index is 435. The molecule has 2 rings (SSSR count). The number of anilines is 1. The molecule has 1 aliphatic heterocycles. The first-order chi connectivity index (χ1) is 7.98. The van der Waals surface area contributed by atoms with Gasteiger partial charge in [-0.05, 0) is 12.8 Å². The van der Waals surface area contributed by atoms with Gasteiger partial charge in [-0.2, -0.15) is 13.2 Å². The zero-order chi connectivity index (χ0) is 12.5. The van der Waals surface area contributed by atoms with E-state index in [1.165, 1.54) is 12.4 Å². The summed E-state index contributed by atoms with van der Waals surface area (Å²) in [6.07, 6.45) is -1.29. The quantitative estimate of drug-likeness (QED) is 0.819. The van der Waals surface area contributed by atoms with E-state index in [0.717, 1.165) is 0 Å². The summed E-state index contributed by atoms with van der Waals surface area (Å²) in [5.41, 5.74) is -0.363. The maximum Gasteiger partial charge on any atom is 0.391 e. The van der Waals surface area contributed by atoms with Crippen molar-refractivity contribution < 1.29 is 13.2 Å². The molecule has 0 radical (unpaired) electrons. The minimum Gasteiger partial charge on any atom is -0.352 e. The summed E-state index contributed by atoms with van der Waals surface area (Å²) in [4.78, 5) is 19.4. The molecule has 0 aromatic carbocycles. The number of hydrogen-bond donors (Lipinski definition) is 1. The van der Waals surface area contributed by atoms with Gasteiger partial charge in [-0.25, -0.2) is 4.98 Å². The normalized spacial score (nSPS) is 18.4. The van der Waals surface area contributed by atoms with E-state index >= 15 is 0 Å². The Morgan fingerprint density at radius 1 is 1.35 bits per heavy atom. The summed E-state index contributed by atoms with van der Waals surface area (Å²) in [6.45, 7) is 0.425. The number of aromatic nitrogens is 2. The van der Waals surface area contributed by atoms with Gasteiger partial charge in [-0.15, -0.1) is 0 Å². The van der Waals surface area contributed by atoms with Crippen LogP contribution in [0.5, 0.6) is 0 Å². The van der Waals surface area contributed by atoms with Crippen LogP contribution < -0.4 is 10.5 Å². The van der Waals surface area contributed by atoms with Crippen LogP contribution in [0, 0.1) is 5.92 Å². The van der Waals surface area contributed by atoms with Gasteiger partial charge in [0.05, 0.1) is 5.92 Å². The Kier molecular flexibility index (Phi) is 3.08. The lowest BCUT2D eigenvalue weighted by molar-refractivity contribution is -0.179. The molecule has 1 aromatic heterocycles. The van der Waals surface area contributed by atoms with Gasteiger partial charge in [0, 0.05) is 25.5 Å². The Labute approximate surface area is 95.5 Å². The molecular weight excluding hydrogens is 235 g/mol. The SMILES string of the molecule is O=c1[nH]ccnc1N1CCC(C(F)(F)F)CC1. The van der Waals surface area contributed by atoms with Gasteiger partial charge >= 0.3 is 6.18 Å². The van der Waals surface area contributed by atoms with Gasteiger partial charge in [-0.1, -0.05) is 0 Å². The second-order valence-electron chi connectivity index (χ2n) is 4.04. The minimum absolute atomic E-state index is 0.0134. The molecule has 17 heavy (non-hydrogen) atoms. The van der Waals surface area contributed by atoms with Crippen LogP contribution in [-0.2, 0) is 0 Å². The fourth-order valence-electron chi connectivity index (χ4n) is 1.99. The lowest BCUT2D eigenvalue weighted by Gasteiger charge is -2.32. The third kappa shape index (κ3) is 2.59. The zero-order valence-corrected chi connectivity index (χ0v) is 9.00. The number of H-pyrrole nitrogens is 1. The van der Waals surface area contributed by atoms with Crippen molar-refractivity contribution in [3.8, 4) is 0 Å². The molecule has 0 saturated carbocycles. The zero-order valence-electron chi connectivity index (χ0n) is 9.00. The maximum atomic E-state index is 12.4. The molecule has 2 heterocycles. The molecule has 94 valence electrons. The average Bonchev–Trinajstić information content (AvgIpc) is 2.29. The van der Waals surface area contributed by atoms with Gasteiger partial charge in [0.1, 0.15) is 0 Å². The monoisotopic (exact) mass is 247 g/mol. The van der Waals surface area contributed by atoms with Crippen molar-refractivity contribution in [2.45, 2.75) is 19.0 Å². The first-order valence-electron chi connectivity index (χ1n) is 5.34. The molecule has 1 saturated heterocycles. The lowest BCUT2D eigenvalue weighted by Crippen LogP contribution is -2.41. The topological polar surface area (TPSA) is 49.0 Å². The van der Waals surface area contributed by atoms with E-state index in [4.69, 9.17) is 0 Å². The van der Waals surface area contributed by atoms with Gasteiger partial charge < -0.3 is 9.88 Å². The van der Waals surface area contributed by atoms with Crippen molar-refractivity contribution in [1.82, 2.24) is 9.97 Å². The Hall–Kier alpha value is -1.53. The van der Waals surface area contributed by atoms with E-state index in [0.29, 0.717) is 0 Å². The summed E-state index contributed by atoms with van der Waals surface area (Å²) in [5, 5.41) is 0. The highest BCUT2D eigenvalue weighted by atomic mass is 19.4. The van der Waals surface area contributed by atoms with Crippen molar-refractivity contribution in [2.75, 3.05) is 18.0 Å². The van der Waals surface area contributed by atoms with Crippen LogP contribution in [-0.4, -0.2) is 29.2 Å². The van der Waals surface area contributed by atoms with Gasteiger partial charge in [-0.3, -0.25) is 4.79 Å². The first-order valence-corrected chi connectivity index (χ1v) is 5.34. The highest BCUT2D eigenvalue weighted by Gasteiger charge is 2.41. The van der Waals surface area contributed by atoms with Gasteiger partial charge in [0.15, 0.2) is 5.82 Å². The number of aromatic amines is 1. The van der Waals surface area contributed by atoms with Crippen molar-refractivity contribution >= 4 is 5.82 Å². The van der Waals surface area contributed by atoms with Crippen LogP contribution >= 0.6 is 0 Å². The van der Waals surface area contributed by atoms with Crippen LogP contribution in [0.3, 0.4) is 0 Å². The predicted octanol–water partition coefficient (Wildman–Crippen LogP) is 1.55.